The molecule has 2 aliphatic heterocycles. The van der Waals surface area contributed by atoms with Crippen LogP contribution in [0.25, 0.3) is 0 Å². The van der Waals surface area contributed by atoms with Crippen molar-refractivity contribution < 1.29 is 27.1 Å². The minimum absolute atomic E-state index is 0.0328. The van der Waals surface area contributed by atoms with E-state index < -0.39 is 17.9 Å². The molecule has 0 atom stereocenters. The Labute approximate surface area is 187 Å². The van der Waals surface area contributed by atoms with Crippen LogP contribution in [0.1, 0.15) is 54.9 Å². The summed E-state index contributed by atoms with van der Waals surface area (Å²) in [4.78, 5) is 20.7. The van der Waals surface area contributed by atoms with Gasteiger partial charge in [0.15, 0.2) is 17.4 Å². The first-order valence-electron chi connectivity index (χ1n) is 11.2. The molecule has 3 heterocycles. The Morgan fingerprint density at radius 2 is 1.82 bits per heavy atom. The predicted molar refractivity (Wildman–Crippen MR) is 107 cm³/mol. The second-order valence-electron chi connectivity index (χ2n) is 9.90. The quantitative estimate of drug-likeness (QED) is 0.640. The first-order valence-corrected chi connectivity index (χ1v) is 11.2. The topological polar surface area (TPSA) is 63.5 Å². The Bertz CT molecular complexity index is 1080. The molecule has 2 saturated carbocycles. The lowest BCUT2D eigenvalue weighted by molar-refractivity contribution is -0.275. The molecular formula is C22H23F4N5O2. The maximum absolute atomic E-state index is 14.0. The lowest BCUT2D eigenvalue weighted by Gasteiger charge is -2.60. The molecule has 7 nitrogen and oxygen atoms in total. The maximum atomic E-state index is 14.0. The van der Waals surface area contributed by atoms with Crippen LogP contribution in [0.15, 0.2) is 24.5 Å². The average Bonchev–Trinajstić information content (AvgIpc) is 3.38. The van der Waals surface area contributed by atoms with E-state index in [1.807, 2.05) is 15.9 Å². The Balaban J connectivity index is 0.973. The summed E-state index contributed by atoms with van der Waals surface area (Å²) >= 11 is 0. The zero-order valence-corrected chi connectivity index (χ0v) is 17.8. The van der Waals surface area contributed by atoms with Crippen molar-refractivity contribution in [1.82, 2.24) is 24.6 Å². The van der Waals surface area contributed by atoms with Gasteiger partial charge in [-0.2, -0.15) is 5.10 Å². The van der Waals surface area contributed by atoms with E-state index in [1.165, 1.54) is 18.9 Å². The van der Waals surface area contributed by atoms with E-state index >= 15 is 0 Å². The molecule has 2 aliphatic carbocycles. The number of halogens is 4. The highest BCUT2D eigenvalue weighted by Gasteiger charge is 2.55. The number of ether oxygens (including phenoxy) is 1. The Morgan fingerprint density at radius 1 is 1.09 bits per heavy atom. The zero-order valence-electron chi connectivity index (χ0n) is 17.8. The lowest BCUT2D eigenvalue weighted by atomic mass is 9.61. The van der Waals surface area contributed by atoms with Crippen molar-refractivity contribution in [2.24, 2.45) is 5.41 Å². The molecule has 0 unspecified atom stereocenters. The van der Waals surface area contributed by atoms with Crippen molar-refractivity contribution >= 4 is 6.03 Å². The number of carbonyl (C=O) groups is 1. The molecule has 33 heavy (non-hydrogen) atoms. The van der Waals surface area contributed by atoms with Crippen LogP contribution in [0.5, 0.6) is 5.75 Å². The molecule has 1 spiro atoms. The number of aromatic nitrogens is 3. The average molecular weight is 465 g/mol. The fourth-order valence-electron chi connectivity index (χ4n) is 5.30. The van der Waals surface area contributed by atoms with Crippen LogP contribution in [0, 0.1) is 11.2 Å². The van der Waals surface area contributed by atoms with Crippen LogP contribution in [-0.4, -0.2) is 63.1 Å². The molecule has 1 aromatic heterocycles. The molecule has 2 saturated heterocycles. The maximum Gasteiger partial charge on any atom is 0.573 e. The van der Waals surface area contributed by atoms with Crippen molar-refractivity contribution in [3.63, 3.8) is 0 Å². The van der Waals surface area contributed by atoms with Gasteiger partial charge in [-0.1, -0.05) is 6.07 Å². The number of hydrogen-bond acceptors (Lipinski definition) is 4. The van der Waals surface area contributed by atoms with Crippen molar-refractivity contribution in [3.05, 3.63) is 41.7 Å². The molecule has 4 fully saturated rings. The summed E-state index contributed by atoms with van der Waals surface area (Å²) in [5, 5.41) is 4.62. The number of amides is 2. The molecule has 176 valence electrons. The van der Waals surface area contributed by atoms with Crippen LogP contribution in [-0.2, 0) is 0 Å². The number of carbonyl (C=O) groups excluding carboxylic acids is 1. The summed E-state index contributed by atoms with van der Waals surface area (Å²) in [6.45, 7) is 2.30. The van der Waals surface area contributed by atoms with E-state index in [9.17, 15) is 22.4 Å². The highest BCUT2D eigenvalue weighted by Crippen LogP contribution is 2.54. The van der Waals surface area contributed by atoms with Gasteiger partial charge in [0.1, 0.15) is 6.33 Å². The largest absolute Gasteiger partial charge is 0.573 e. The van der Waals surface area contributed by atoms with Gasteiger partial charge in [-0.15, -0.1) is 13.2 Å². The van der Waals surface area contributed by atoms with Crippen molar-refractivity contribution in [2.75, 3.05) is 26.2 Å². The molecule has 6 rings (SSSR count). The number of rotatable bonds is 4. The monoisotopic (exact) mass is 465 g/mol. The highest BCUT2D eigenvalue weighted by molar-refractivity contribution is 5.77. The lowest BCUT2D eigenvalue weighted by Crippen LogP contribution is -2.67. The van der Waals surface area contributed by atoms with E-state index in [1.54, 1.807) is 4.90 Å². The van der Waals surface area contributed by atoms with Gasteiger partial charge in [0.2, 0.25) is 0 Å². The minimum atomic E-state index is -4.94. The summed E-state index contributed by atoms with van der Waals surface area (Å²) in [7, 11) is 0. The number of likely N-dealkylation sites (tertiary alicyclic amines) is 2. The van der Waals surface area contributed by atoms with Gasteiger partial charge in [0.05, 0.1) is 6.04 Å². The van der Waals surface area contributed by atoms with E-state index in [0.717, 1.165) is 43.9 Å². The van der Waals surface area contributed by atoms with E-state index in [0.29, 0.717) is 30.6 Å². The van der Waals surface area contributed by atoms with Crippen LogP contribution < -0.4 is 4.74 Å². The number of benzene rings is 1. The molecule has 4 aliphatic rings. The Morgan fingerprint density at radius 3 is 2.45 bits per heavy atom. The third-order valence-corrected chi connectivity index (χ3v) is 7.31. The van der Waals surface area contributed by atoms with Gasteiger partial charge >= 0.3 is 12.4 Å². The first kappa shape index (κ1) is 20.7. The van der Waals surface area contributed by atoms with E-state index in [2.05, 4.69) is 14.8 Å². The normalized spacial score (nSPS) is 22.7. The Hall–Kier alpha value is -2.85. The smallest absolute Gasteiger partial charge is 0.403 e. The van der Waals surface area contributed by atoms with Crippen LogP contribution in [0.4, 0.5) is 22.4 Å². The van der Waals surface area contributed by atoms with E-state index in [4.69, 9.17) is 0 Å². The molecule has 1 aromatic carbocycles. The third-order valence-electron chi connectivity index (χ3n) is 7.31. The van der Waals surface area contributed by atoms with Gasteiger partial charge in [-0.25, -0.2) is 18.9 Å². The van der Waals surface area contributed by atoms with Gasteiger partial charge in [0, 0.05) is 43.4 Å². The molecular weight excluding hydrogens is 442 g/mol. The fourth-order valence-corrected chi connectivity index (χ4v) is 5.30. The number of alkyl halides is 3. The predicted octanol–water partition coefficient (Wildman–Crippen LogP) is 4.05. The van der Waals surface area contributed by atoms with Crippen molar-refractivity contribution in [3.8, 4) is 5.75 Å². The second-order valence-corrected chi connectivity index (χ2v) is 9.90. The number of hydrogen-bond donors (Lipinski definition) is 0. The van der Waals surface area contributed by atoms with Crippen molar-refractivity contribution in [2.45, 2.75) is 49.9 Å². The summed E-state index contributed by atoms with van der Waals surface area (Å²) in [6, 6.07) is 3.78. The molecule has 2 amide bonds. The molecule has 0 bridgehead atoms. The van der Waals surface area contributed by atoms with E-state index in [-0.39, 0.29) is 17.4 Å². The van der Waals surface area contributed by atoms with Crippen LogP contribution in [0.3, 0.4) is 0 Å². The summed E-state index contributed by atoms with van der Waals surface area (Å²) in [6.07, 6.45) is 1.25. The summed E-state index contributed by atoms with van der Waals surface area (Å²) in [5.74, 6) is -0.510. The van der Waals surface area contributed by atoms with Gasteiger partial charge in [0.25, 0.3) is 0 Å². The van der Waals surface area contributed by atoms with Gasteiger partial charge < -0.3 is 14.5 Å². The van der Waals surface area contributed by atoms with Gasteiger partial charge in [-0.3, -0.25) is 0 Å². The Kier molecular flexibility index (Phi) is 4.44. The summed E-state index contributed by atoms with van der Waals surface area (Å²) < 4.78 is 56.5. The van der Waals surface area contributed by atoms with Crippen LogP contribution >= 0.6 is 0 Å². The number of nitrogens with zero attached hydrogens (tertiary/aromatic N) is 5. The third kappa shape index (κ3) is 3.80. The number of urea groups is 1. The highest BCUT2D eigenvalue weighted by atomic mass is 19.4. The first-order chi connectivity index (χ1) is 15.7. The summed E-state index contributed by atoms with van der Waals surface area (Å²) in [5.41, 5.74) is 0.736. The van der Waals surface area contributed by atoms with Crippen LogP contribution in [0.2, 0.25) is 0 Å². The molecule has 2 aromatic rings. The standard InChI is InChI=1S/C22H23F4N5O2/c23-17-5-14(3-4-18(17)33-22(24,25)26)15-8-29(9-15)20(32)30-10-21(11-30)6-16(7-21)31-12-27-19(28-31)13-1-2-13/h3-5,12-13,15-16H,1-2,6-11H2. The molecule has 0 N–H and O–H groups in total. The van der Waals surface area contributed by atoms with Gasteiger partial charge in [-0.05, 0) is 43.4 Å². The minimum Gasteiger partial charge on any atom is -0.403 e. The second kappa shape index (κ2) is 7.07. The molecule has 11 heteroatoms. The fraction of sp³-hybridized carbons (Fsp3) is 0.591. The SMILES string of the molecule is O=C(N1CC(c2ccc(OC(F)(F)F)c(F)c2)C1)N1CC2(CC(n3cnc(C4CC4)n3)C2)C1. The molecule has 0 radical (unpaired) electrons. The van der Waals surface area contributed by atoms with Crippen molar-refractivity contribution in [1.29, 1.82) is 0 Å². The zero-order chi connectivity index (χ0) is 23.0.